The van der Waals surface area contributed by atoms with Crippen molar-refractivity contribution in [2.24, 2.45) is 0 Å². The van der Waals surface area contributed by atoms with Crippen molar-refractivity contribution in [1.29, 1.82) is 0 Å². The van der Waals surface area contributed by atoms with E-state index in [1.54, 1.807) is 29.2 Å². The Kier molecular flexibility index (Phi) is 12.0. The lowest BCUT2D eigenvalue weighted by molar-refractivity contribution is -0.142. The number of hydrogen-bond donors (Lipinski definition) is 4. The highest BCUT2D eigenvalue weighted by atomic mass is 16.5. The summed E-state index contributed by atoms with van der Waals surface area (Å²) < 4.78 is 5.68. The van der Waals surface area contributed by atoms with E-state index in [1.807, 2.05) is 30.3 Å². The fraction of sp³-hybridized carbons (Fsp3) is 0.515. The van der Waals surface area contributed by atoms with Crippen molar-refractivity contribution in [3.05, 3.63) is 65.7 Å². The molecule has 4 N–H and O–H groups in total. The fourth-order valence-corrected chi connectivity index (χ4v) is 5.74. The second-order valence-corrected chi connectivity index (χ2v) is 11.4. The molecule has 0 spiro atoms. The van der Waals surface area contributed by atoms with E-state index >= 15 is 0 Å². The maximum Gasteiger partial charge on any atom is 0.326 e. The van der Waals surface area contributed by atoms with Crippen LogP contribution < -0.4 is 20.7 Å². The molecule has 0 radical (unpaired) electrons. The van der Waals surface area contributed by atoms with Gasteiger partial charge in [-0.25, -0.2) is 4.79 Å². The zero-order chi connectivity index (χ0) is 30.6. The molecule has 0 aromatic heterocycles. The number of rotatable bonds is 15. The number of unbranched alkanes of at least 4 members (excludes halogenated alkanes) is 1. The van der Waals surface area contributed by atoms with Gasteiger partial charge >= 0.3 is 5.97 Å². The van der Waals surface area contributed by atoms with Crippen molar-refractivity contribution in [1.82, 2.24) is 20.9 Å². The summed E-state index contributed by atoms with van der Waals surface area (Å²) in [7, 11) is 0. The zero-order valence-corrected chi connectivity index (χ0v) is 24.9. The van der Waals surface area contributed by atoms with E-state index in [9.17, 15) is 24.3 Å². The third kappa shape index (κ3) is 9.54. The first kappa shape index (κ1) is 32.0. The molecule has 3 amide bonds. The number of likely N-dealkylation sites (tertiary alicyclic amines) is 1. The van der Waals surface area contributed by atoms with Crippen LogP contribution in [0, 0.1) is 0 Å². The van der Waals surface area contributed by atoms with Gasteiger partial charge in [0.2, 0.25) is 17.7 Å². The molecule has 0 aliphatic carbocycles. The van der Waals surface area contributed by atoms with Crippen LogP contribution in [0.4, 0.5) is 0 Å². The van der Waals surface area contributed by atoms with E-state index < -0.39 is 30.0 Å². The first-order valence-electron chi connectivity index (χ1n) is 15.5. The molecule has 4 rings (SSSR count). The topological polar surface area (TPSA) is 137 Å². The number of hydrogen-bond acceptors (Lipinski definition) is 6. The standard InChI is InChI=1S/C33H44N4O6/c1-2-3-19-43-26-15-13-24(14-16-26)21-28(33(41)42)36-30(38)22-25(20-23-9-5-4-6-10-23)35-31(39)29-12-8-18-37(29)32(40)27-11-7-17-34-27/h4-6,9-10,13-16,25,27-29,34H,2-3,7-8,11-12,17-22H2,1H3,(H,35,39)(H,36,38)(H,41,42). The van der Waals surface area contributed by atoms with Gasteiger partial charge in [0.25, 0.3) is 0 Å². The summed E-state index contributed by atoms with van der Waals surface area (Å²) in [6.07, 6.45) is 5.40. The molecule has 4 atom stereocenters. The number of amides is 3. The highest BCUT2D eigenvalue weighted by Gasteiger charge is 2.38. The van der Waals surface area contributed by atoms with Crippen molar-refractivity contribution >= 4 is 23.7 Å². The number of carbonyl (C=O) groups is 4. The molecule has 2 heterocycles. The van der Waals surface area contributed by atoms with Gasteiger partial charge in [-0.05, 0) is 68.3 Å². The number of carboxylic acids is 1. The predicted molar refractivity (Wildman–Crippen MR) is 163 cm³/mol. The predicted octanol–water partition coefficient (Wildman–Crippen LogP) is 2.84. The summed E-state index contributed by atoms with van der Waals surface area (Å²) in [6, 6.07) is 14.2. The van der Waals surface area contributed by atoms with Crippen LogP contribution in [0.5, 0.6) is 5.75 Å². The summed E-state index contributed by atoms with van der Waals surface area (Å²) in [5.41, 5.74) is 1.69. The fourth-order valence-electron chi connectivity index (χ4n) is 5.74. The molecular formula is C33H44N4O6. The molecule has 232 valence electrons. The quantitative estimate of drug-likeness (QED) is 0.234. The maximum absolute atomic E-state index is 13.5. The first-order valence-corrected chi connectivity index (χ1v) is 15.5. The van der Waals surface area contributed by atoms with Gasteiger partial charge in [0.05, 0.1) is 12.6 Å². The molecule has 10 nitrogen and oxygen atoms in total. The lowest BCUT2D eigenvalue weighted by Crippen LogP contribution is -2.53. The van der Waals surface area contributed by atoms with E-state index in [1.165, 1.54) is 0 Å². The molecule has 0 saturated carbocycles. The highest BCUT2D eigenvalue weighted by Crippen LogP contribution is 2.21. The largest absolute Gasteiger partial charge is 0.494 e. The van der Waals surface area contributed by atoms with Gasteiger partial charge in [0, 0.05) is 25.4 Å². The molecule has 4 unspecified atom stereocenters. The minimum Gasteiger partial charge on any atom is -0.494 e. The lowest BCUT2D eigenvalue weighted by Gasteiger charge is -2.28. The Hall–Kier alpha value is -3.92. The van der Waals surface area contributed by atoms with Crippen LogP contribution in [0.1, 0.15) is 63.0 Å². The normalized spacial score (nSPS) is 19.4. The molecule has 2 aliphatic rings. The Morgan fingerprint density at radius 2 is 1.72 bits per heavy atom. The number of nitrogens with one attached hydrogen (secondary N) is 3. The van der Waals surface area contributed by atoms with Crippen LogP contribution in [0.25, 0.3) is 0 Å². The lowest BCUT2D eigenvalue weighted by atomic mass is 10.0. The molecule has 2 aliphatic heterocycles. The monoisotopic (exact) mass is 592 g/mol. The Morgan fingerprint density at radius 1 is 0.977 bits per heavy atom. The summed E-state index contributed by atoms with van der Waals surface area (Å²) in [5.74, 6) is -1.22. The molecule has 2 fully saturated rings. The minimum atomic E-state index is -1.14. The number of carbonyl (C=O) groups excluding carboxylic acids is 3. The van der Waals surface area contributed by atoms with Crippen LogP contribution in [0.3, 0.4) is 0 Å². The summed E-state index contributed by atoms with van der Waals surface area (Å²) in [5, 5.41) is 18.7. The number of benzene rings is 2. The Balaban J connectivity index is 1.39. The van der Waals surface area contributed by atoms with Gasteiger partial charge in [-0.15, -0.1) is 0 Å². The van der Waals surface area contributed by atoms with Crippen molar-refractivity contribution in [2.45, 2.75) is 88.9 Å². The molecule has 0 bridgehead atoms. The summed E-state index contributed by atoms with van der Waals surface area (Å²) in [4.78, 5) is 53.5. The van der Waals surface area contributed by atoms with Gasteiger partial charge in [-0.3, -0.25) is 14.4 Å². The van der Waals surface area contributed by atoms with Gasteiger partial charge in [-0.1, -0.05) is 55.8 Å². The molecule has 2 aromatic rings. The second-order valence-electron chi connectivity index (χ2n) is 11.4. The smallest absolute Gasteiger partial charge is 0.326 e. The molecule has 2 saturated heterocycles. The summed E-state index contributed by atoms with van der Waals surface area (Å²) in [6.45, 7) is 4.04. The Bertz CT molecular complexity index is 1220. The third-order valence-electron chi connectivity index (χ3n) is 8.06. The van der Waals surface area contributed by atoms with Gasteiger partial charge in [0.15, 0.2) is 0 Å². The van der Waals surface area contributed by atoms with Crippen LogP contribution in [-0.2, 0) is 32.0 Å². The third-order valence-corrected chi connectivity index (χ3v) is 8.06. The van der Waals surface area contributed by atoms with E-state index in [4.69, 9.17) is 4.74 Å². The number of aliphatic carboxylic acids is 1. The van der Waals surface area contributed by atoms with E-state index in [0.717, 1.165) is 55.5 Å². The van der Waals surface area contributed by atoms with Crippen molar-refractivity contribution in [3.63, 3.8) is 0 Å². The second kappa shape index (κ2) is 16.1. The molecular weight excluding hydrogens is 548 g/mol. The van der Waals surface area contributed by atoms with Crippen molar-refractivity contribution in [2.75, 3.05) is 19.7 Å². The zero-order valence-electron chi connectivity index (χ0n) is 24.9. The average Bonchev–Trinajstić information content (AvgIpc) is 3.71. The molecule has 2 aromatic carbocycles. The number of ether oxygens (including phenoxy) is 1. The van der Waals surface area contributed by atoms with E-state index in [0.29, 0.717) is 26.0 Å². The number of nitrogens with zero attached hydrogens (tertiary/aromatic N) is 1. The van der Waals surface area contributed by atoms with Gasteiger partial charge in [0.1, 0.15) is 17.8 Å². The minimum absolute atomic E-state index is 0.0441. The Labute approximate surface area is 253 Å². The van der Waals surface area contributed by atoms with Crippen molar-refractivity contribution in [3.8, 4) is 5.75 Å². The maximum atomic E-state index is 13.5. The van der Waals surface area contributed by atoms with Gasteiger partial charge < -0.3 is 30.7 Å². The summed E-state index contributed by atoms with van der Waals surface area (Å²) >= 11 is 0. The van der Waals surface area contributed by atoms with E-state index in [-0.39, 0.29) is 30.7 Å². The van der Waals surface area contributed by atoms with E-state index in [2.05, 4.69) is 22.9 Å². The number of carboxylic acid groups (broad SMARTS) is 1. The van der Waals surface area contributed by atoms with Crippen molar-refractivity contribution < 1.29 is 29.0 Å². The Morgan fingerprint density at radius 3 is 2.40 bits per heavy atom. The van der Waals surface area contributed by atoms with Crippen LogP contribution >= 0.6 is 0 Å². The SMILES string of the molecule is CCCCOc1ccc(CC(NC(=O)CC(Cc2ccccc2)NC(=O)C2CCCN2C(=O)C2CCCN2)C(=O)O)cc1. The van der Waals surface area contributed by atoms with Crippen LogP contribution in [0.15, 0.2) is 54.6 Å². The first-order chi connectivity index (χ1) is 20.8. The van der Waals surface area contributed by atoms with Gasteiger partial charge in [-0.2, -0.15) is 0 Å². The molecule has 43 heavy (non-hydrogen) atoms. The molecule has 10 heteroatoms. The van der Waals surface area contributed by atoms with Crippen LogP contribution in [-0.4, -0.2) is 77.6 Å². The average molecular weight is 593 g/mol. The van der Waals surface area contributed by atoms with Crippen LogP contribution in [0.2, 0.25) is 0 Å². The highest BCUT2D eigenvalue weighted by molar-refractivity contribution is 5.91.